The number of amides is 3. The molecule has 2 aliphatic heterocycles. The minimum absolute atomic E-state index is 0.00228. The molecule has 196 valence electrons. The number of unbranched alkanes of at least 4 members (excludes halogenated alkanes) is 1. The minimum Gasteiger partial charge on any atom is -0.494 e. The molecular weight excluding hydrogens is 458 g/mol. The molecule has 2 fully saturated rings. The number of carbonyl (C=O) groups is 3. The smallest absolute Gasteiger partial charge is 0.246 e. The maximum Gasteiger partial charge on any atom is 0.246 e. The van der Waals surface area contributed by atoms with Gasteiger partial charge in [0.15, 0.2) is 0 Å². The van der Waals surface area contributed by atoms with E-state index in [1.807, 2.05) is 34.9 Å². The number of aliphatic imine (C=N–C) groups is 1. The molecule has 0 spiro atoms. The summed E-state index contributed by atoms with van der Waals surface area (Å²) in [5, 5.41) is 2.79. The monoisotopic (exact) mass is 497 g/mol. The molecule has 1 aliphatic carbocycles. The zero-order valence-corrected chi connectivity index (χ0v) is 21.5. The Morgan fingerprint density at radius 2 is 2.03 bits per heavy atom. The molecule has 3 aliphatic rings. The molecule has 2 atom stereocenters. The molecule has 0 aromatic heterocycles. The molecule has 3 N–H and O–H groups in total. The van der Waals surface area contributed by atoms with Crippen LogP contribution in [-0.4, -0.2) is 58.7 Å². The Kier molecular flexibility index (Phi) is 8.48. The van der Waals surface area contributed by atoms with Crippen LogP contribution >= 0.6 is 0 Å². The molecule has 0 bridgehead atoms. The van der Waals surface area contributed by atoms with Gasteiger partial charge in [0.2, 0.25) is 23.7 Å². The van der Waals surface area contributed by atoms with Gasteiger partial charge in [0, 0.05) is 18.0 Å². The van der Waals surface area contributed by atoms with E-state index in [-0.39, 0.29) is 23.9 Å². The van der Waals surface area contributed by atoms with Gasteiger partial charge >= 0.3 is 0 Å². The largest absolute Gasteiger partial charge is 0.494 e. The second-order valence-electron chi connectivity index (χ2n) is 10.1. The van der Waals surface area contributed by atoms with E-state index in [2.05, 4.69) is 17.2 Å². The van der Waals surface area contributed by atoms with Gasteiger partial charge in [-0.1, -0.05) is 39.0 Å². The fraction of sp³-hybridized carbons (Fsp3) is 0.630. The number of carbonyl (C=O) groups excluding carboxylic acids is 3. The van der Waals surface area contributed by atoms with Crippen LogP contribution in [0.5, 0.6) is 5.75 Å². The van der Waals surface area contributed by atoms with E-state index in [0.29, 0.717) is 44.1 Å². The molecule has 9 heteroatoms. The summed E-state index contributed by atoms with van der Waals surface area (Å²) in [5.74, 6) is 0.861. The van der Waals surface area contributed by atoms with Gasteiger partial charge in [-0.05, 0) is 50.8 Å². The lowest BCUT2D eigenvalue weighted by molar-refractivity contribution is -0.143. The lowest BCUT2D eigenvalue weighted by Gasteiger charge is -2.39. The number of rotatable bonds is 11. The highest BCUT2D eigenvalue weighted by Gasteiger charge is 2.35. The maximum absolute atomic E-state index is 13.3. The van der Waals surface area contributed by atoms with Crippen LogP contribution in [0, 0.1) is 0 Å². The van der Waals surface area contributed by atoms with Gasteiger partial charge in [-0.15, -0.1) is 0 Å². The van der Waals surface area contributed by atoms with Crippen LogP contribution in [0.25, 0.3) is 0 Å². The van der Waals surface area contributed by atoms with Crippen LogP contribution in [0.2, 0.25) is 0 Å². The van der Waals surface area contributed by atoms with E-state index >= 15 is 0 Å². The van der Waals surface area contributed by atoms with Gasteiger partial charge in [-0.2, -0.15) is 0 Å². The summed E-state index contributed by atoms with van der Waals surface area (Å²) >= 11 is 0. The number of nitrogens with one attached hydrogen (secondary N) is 1. The first-order valence-corrected chi connectivity index (χ1v) is 13.4. The van der Waals surface area contributed by atoms with Crippen LogP contribution in [0.1, 0.15) is 89.7 Å². The van der Waals surface area contributed by atoms with E-state index in [0.717, 1.165) is 49.8 Å². The second kappa shape index (κ2) is 11.8. The van der Waals surface area contributed by atoms with Crippen molar-refractivity contribution >= 4 is 29.4 Å². The SMILES string of the molecule is CCCCC(C(N)=O)N(C(=O)CCCOc1ccc2c(c1)C(C)N1CC(=O)NC1=N2)C1CCCCC1. The van der Waals surface area contributed by atoms with Crippen molar-refractivity contribution in [1.29, 1.82) is 0 Å². The third-order valence-electron chi connectivity index (χ3n) is 7.54. The number of hydrogen-bond donors (Lipinski definition) is 2. The Morgan fingerprint density at radius 1 is 1.25 bits per heavy atom. The van der Waals surface area contributed by atoms with Gasteiger partial charge in [0.05, 0.1) is 18.3 Å². The zero-order valence-electron chi connectivity index (χ0n) is 21.5. The highest BCUT2D eigenvalue weighted by Crippen LogP contribution is 2.37. The lowest BCUT2D eigenvalue weighted by Crippen LogP contribution is -2.53. The third kappa shape index (κ3) is 5.82. The first-order chi connectivity index (χ1) is 17.4. The van der Waals surface area contributed by atoms with E-state index in [4.69, 9.17) is 10.5 Å². The first-order valence-electron chi connectivity index (χ1n) is 13.4. The average Bonchev–Trinajstić information content (AvgIpc) is 3.25. The zero-order chi connectivity index (χ0) is 25.7. The molecule has 3 amide bonds. The summed E-state index contributed by atoms with van der Waals surface area (Å²) in [6, 6.07) is 5.31. The van der Waals surface area contributed by atoms with Gasteiger partial charge in [-0.25, -0.2) is 4.99 Å². The number of nitrogens with zero attached hydrogens (tertiary/aromatic N) is 3. The van der Waals surface area contributed by atoms with Gasteiger partial charge in [-0.3, -0.25) is 19.7 Å². The molecular formula is C27H39N5O4. The van der Waals surface area contributed by atoms with Gasteiger partial charge < -0.3 is 20.3 Å². The Balaban J connectivity index is 1.35. The van der Waals surface area contributed by atoms with E-state index in [1.165, 1.54) is 6.42 Å². The summed E-state index contributed by atoms with van der Waals surface area (Å²) in [6.45, 7) is 4.82. The average molecular weight is 498 g/mol. The molecule has 0 radical (unpaired) electrons. The number of ether oxygens (including phenoxy) is 1. The standard InChI is InChI=1S/C27H39N5O4/c1-3-4-11-23(26(28)35)32(19-9-6-5-7-10-19)25(34)12-8-15-36-20-13-14-22-21(16-20)18(2)31-17-24(33)30-27(31)29-22/h13-14,16,18-19,23H,3-12,15,17H2,1-2H3,(H2,28,35)(H,29,30,33). The van der Waals surface area contributed by atoms with Crippen molar-refractivity contribution in [2.24, 2.45) is 10.7 Å². The van der Waals surface area contributed by atoms with Crippen LogP contribution in [0.4, 0.5) is 5.69 Å². The van der Waals surface area contributed by atoms with Crippen molar-refractivity contribution in [3.05, 3.63) is 23.8 Å². The van der Waals surface area contributed by atoms with E-state index in [1.54, 1.807) is 0 Å². The van der Waals surface area contributed by atoms with Crippen molar-refractivity contribution < 1.29 is 19.1 Å². The molecule has 2 unspecified atom stereocenters. The van der Waals surface area contributed by atoms with Crippen molar-refractivity contribution in [2.45, 2.75) is 96.2 Å². The highest BCUT2D eigenvalue weighted by molar-refractivity contribution is 6.06. The summed E-state index contributed by atoms with van der Waals surface area (Å²) < 4.78 is 5.99. The van der Waals surface area contributed by atoms with Crippen molar-refractivity contribution in [3.8, 4) is 5.75 Å². The number of benzene rings is 1. The molecule has 1 saturated heterocycles. The van der Waals surface area contributed by atoms with E-state index < -0.39 is 11.9 Å². The van der Waals surface area contributed by atoms with Crippen LogP contribution in [-0.2, 0) is 14.4 Å². The number of primary amides is 1. The Bertz CT molecular complexity index is 1000. The second-order valence-corrected chi connectivity index (χ2v) is 10.1. The summed E-state index contributed by atoms with van der Waals surface area (Å²) in [6.07, 6.45) is 8.56. The minimum atomic E-state index is -0.527. The lowest BCUT2D eigenvalue weighted by atomic mass is 9.91. The number of fused-ring (bicyclic) bond motifs is 2. The molecule has 4 rings (SSSR count). The van der Waals surface area contributed by atoms with Crippen molar-refractivity contribution in [3.63, 3.8) is 0 Å². The Labute approximate surface area is 213 Å². The summed E-state index contributed by atoms with van der Waals surface area (Å²) in [7, 11) is 0. The van der Waals surface area contributed by atoms with Crippen molar-refractivity contribution in [1.82, 2.24) is 15.1 Å². The molecule has 2 heterocycles. The van der Waals surface area contributed by atoms with Crippen LogP contribution in [0.3, 0.4) is 0 Å². The highest BCUT2D eigenvalue weighted by atomic mass is 16.5. The predicted molar refractivity (Wildman–Crippen MR) is 138 cm³/mol. The Morgan fingerprint density at radius 3 is 2.75 bits per heavy atom. The molecule has 9 nitrogen and oxygen atoms in total. The normalized spacial score (nSPS) is 20.2. The van der Waals surface area contributed by atoms with Gasteiger partial charge in [0.1, 0.15) is 18.3 Å². The summed E-state index contributed by atoms with van der Waals surface area (Å²) in [4.78, 5) is 45.7. The predicted octanol–water partition coefficient (Wildman–Crippen LogP) is 3.54. The quantitative estimate of drug-likeness (QED) is 0.454. The van der Waals surface area contributed by atoms with Crippen LogP contribution in [0.15, 0.2) is 23.2 Å². The van der Waals surface area contributed by atoms with E-state index in [9.17, 15) is 14.4 Å². The first kappa shape index (κ1) is 26.0. The molecule has 1 aromatic carbocycles. The number of guanidine groups is 1. The van der Waals surface area contributed by atoms with Crippen LogP contribution < -0.4 is 15.8 Å². The number of hydrogen-bond acceptors (Lipinski definition) is 6. The molecule has 1 aromatic rings. The fourth-order valence-corrected chi connectivity index (χ4v) is 5.57. The molecule has 1 saturated carbocycles. The third-order valence-corrected chi connectivity index (χ3v) is 7.54. The molecule has 36 heavy (non-hydrogen) atoms. The fourth-order valence-electron chi connectivity index (χ4n) is 5.57. The summed E-state index contributed by atoms with van der Waals surface area (Å²) in [5.41, 5.74) is 7.60. The van der Waals surface area contributed by atoms with Gasteiger partial charge in [0.25, 0.3) is 0 Å². The number of nitrogens with two attached hydrogens (primary N) is 1. The topological polar surface area (TPSA) is 117 Å². The Hall–Kier alpha value is -3.10. The maximum atomic E-state index is 13.3. The van der Waals surface area contributed by atoms with Crippen molar-refractivity contribution in [2.75, 3.05) is 13.2 Å².